The number of carbonyl (C=O) groups is 2. The van der Waals surface area contributed by atoms with Crippen LogP contribution < -0.4 is 15.4 Å². The zero-order chi connectivity index (χ0) is 33.2. The molecule has 10 nitrogen and oxygen atoms in total. The predicted molar refractivity (Wildman–Crippen MR) is 175 cm³/mol. The number of para-hydroxylation sites is 1. The maximum Gasteiger partial charge on any atom is 0.282 e. The van der Waals surface area contributed by atoms with Crippen LogP contribution in [0, 0.1) is 5.82 Å². The van der Waals surface area contributed by atoms with Gasteiger partial charge in [0.1, 0.15) is 28.9 Å². The molecule has 0 aliphatic carbocycles. The first-order chi connectivity index (χ1) is 21.9. The lowest BCUT2D eigenvalue weighted by Gasteiger charge is -2.50. The Kier molecular flexibility index (Phi) is 7.86. The van der Waals surface area contributed by atoms with E-state index in [2.05, 4.69) is 6.58 Å². The van der Waals surface area contributed by atoms with Crippen LogP contribution in [-0.4, -0.2) is 68.7 Å². The van der Waals surface area contributed by atoms with E-state index in [1.54, 1.807) is 23.1 Å². The number of pyridine rings is 2. The second-order valence-electron chi connectivity index (χ2n) is 11.9. The van der Waals surface area contributed by atoms with Crippen molar-refractivity contribution in [3.05, 3.63) is 87.4 Å². The predicted octanol–water partition coefficient (Wildman–Crippen LogP) is 4.73. The topological polar surface area (TPSA) is 119 Å². The third-order valence-electron chi connectivity index (χ3n) is 8.83. The summed E-state index contributed by atoms with van der Waals surface area (Å²) < 4.78 is 16.6. The highest BCUT2D eigenvalue weighted by atomic mass is 35.5. The molecule has 2 N–H and O–H groups in total. The number of aromatic hydroxyl groups is 1. The van der Waals surface area contributed by atoms with E-state index >= 15 is 4.39 Å². The van der Waals surface area contributed by atoms with E-state index < -0.39 is 30.1 Å². The van der Waals surface area contributed by atoms with E-state index in [1.807, 2.05) is 31.7 Å². The molecule has 238 valence electrons. The number of hydrogen-bond donors (Lipinski definition) is 2. The summed E-state index contributed by atoms with van der Waals surface area (Å²) in [6.07, 6.45) is 1.20. The maximum absolute atomic E-state index is 15.2. The number of hydrogen-bond acceptors (Lipinski definition) is 7. The van der Waals surface area contributed by atoms with Gasteiger partial charge in [-0.3, -0.25) is 19.0 Å². The number of phenols is 1. The van der Waals surface area contributed by atoms with Crippen LogP contribution in [0.4, 0.5) is 15.8 Å². The second kappa shape index (κ2) is 11.6. The zero-order valence-electron chi connectivity index (χ0n) is 25.8. The van der Waals surface area contributed by atoms with Crippen molar-refractivity contribution in [3.8, 4) is 22.7 Å². The number of nitrogens with zero attached hydrogens (tertiary/aromatic N) is 5. The Morgan fingerprint density at radius 3 is 2.52 bits per heavy atom. The van der Waals surface area contributed by atoms with Crippen molar-refractivity contribution in [2.75, 3.05) is 29.9 Å². The highest BCUT2D eigenvalue weighted by Gasteiger charge is 2.46. The first kappa shape index (κ1) is 31.3. The molecule has 0 bridgehead atoms. The van der Waals surface area contributed by atoms with Crippen molar-refractivity contribution in [2.24, 2.45) is 0 Å². The highest BCUT2D eigenvalue weighted by Crippen LogP contribution is 2.45. The number of aliphatic hydroxyl groups is 1. The van der Waals surface area contributed by atoms with Gasteiger partial charge >= 0.3 is 0 Å². The largest absolute Gasteiger partial charge is 0.507 e. The van der Waals surface area contributed by atoms with Crippen LogP contribution in [0.2, 0.25) is 5.02 Å². The van der Waals surface area contributed by atoms with Crippen molar-refractivity contribution in [1.29, 1.82) is 0 Å². The van der Waals surface area contributed by atoms with Gasteiger partial charge in [0.2, 0.25) is 5.91 Å². The van der Waals surface area contributed by atoms with E-state index in [1.165, 1.54) is 40.8 Å². The molecule has 6 rings (SSSR count). The first-order valence-corrected chi connectivity index (χ1v) is 15.3. The summed E-state index contributed by atoms with van der Waals surface area (Å²) in [7, 11) is 1.51. The molecule has 4 aromatic rings. The number of aliphatic hydroxyl groups excluding tert-OH is 1. The third kappa shape index (κ3) is 4.64. The van der Waals surface area contributed by atoms with E-state index in [0.29, 0.717) is 22.3 Å². The van der Waals surface area contributed by atoms with Crippen molar-refractivity contribution < 1.29 is 24.2 Å². The summed E-state index contributed by atoms with van der Waals surface area (Å²) in [6.45, 7) is 9.26. The summed E-state index contributed by atoms with van der Waals surface area (Å²) in [4.78, 5) is 50.9. The lowest BCUT2D eigenvalue weighted by Crippen LogP contribution is -2.66. The average molecular weight is 646 g/mol. The van der Waals surface area contributed by atoms with Gasteiger partial charge in [0.25, 0.3) is 11.5 Å². The fourth-order valence-corrected chi connectivity index (χ4v) is 6.97. The Balaban J connectivity index is 1.78. The van der Waals surface area contributed by atoms with Crippen molar-refractivity contribution in [1.82, 2.24) is 14.5 Å². The summed E-state index contributed by atoms with van der Waals surface area (Å²) in [6, 6.07) is 9.49. The molecule has 2 amide bonds. The minimum Gasteiger partial charge on any atom is -0.507 e. The number of phenolic OH excluding ortho intramolecular Hbond substituents is 1. The van der Waals surface area contributed by atoms with Gasteiger partial charge in [-0.05, 0) is 42.7 Å². The van der Waals surface area contributed by atoms with Crippen LogP contribution in [0.25, 0.3) is 28.0 Å². The number of halogens is 2. The van der Waals surface area contributed by atoms with Gasteiger partial charge in [0.15, 0.2) is 0 Å². The minimum atomic E-state index is -0.825. The number of amides is 2. The van der Waals surface area contributed by atoms with Gasteiger partial charge in [0, 0.05) is 30.6 Å². The van der Waals surface area contributed by atoms with Crippen molar-refractivity contribution in [3.63, 3.8) is 0 Å². The van der Waals surface area contributed by atoms with Gasteiger partial charge in [-0.15, -0.1) is 0 Å². The highest BCUT2D eigenvalue weighted by molar-refractivity contribution is 6.34. The van der Waals surface area contributed by atoms with Crippen molar-refractivity contribution >= 4 is 45.8 Å². The monoisotopic (exact) mass is 645 g/mol. The Bertz CT molecular complexity index is 1990. The van der Waals surface area contributed by atoms with Crippen LogP contribution >= 0.6 is 11.6 Å². The maximum atomic E-state index is 15.2. The Labute approximate surface area is 269 Å². The van der Waals surface area contributed by atoms with Crippen LogP contribution in [-0.2, 0) is 16.2 Å². The number of aromatic nitrogens is 2. The summed E-state index contributed by atoms with van der Waals surface area (Å²) in [5, 5.41) is 21.5. The third-order valence-corrected chi connectivity index (χ3v) is 9.12. The summed E-state index contributed by atoms with van der Waals surface area (Å²) in [5.74, 6) is -1.94. The van der Waals surface area contributed by atoms with Gasteiger partial charge in [-0.1, -0.05) is 56.3 Å². The number of anilines is 2. The minimum absolute atomic E-state index is 0.00375. The van der Waals surface area contributed by atoms with Gasteiger partial charge < -0.3 is 24.9 Å². The molecule has 2 aromatic heterocycles. The molecule has 0 spiro atoms. The number of carbonyl (C=O) groups excluding carboxylic acids is 2. The lowest BCUT2D eigenvalue weighted by atomic mass is 9.95. The van der Waals surface area contributed by atoms with E-state index in [4.69, 9.17) is 16.6 Å². The van der Waals surface area contributed by atoms with Crippen LogP contribution in [0.5, 0.6) is 5.75 Å². The number of rotatable bonds is 5. The quantitative estimate of drug-likeness (QED) is 0.301. The Morgan fingerprint density at radius 2 is 1.87 bits per heavy atom. The molecular weight excluding hydrogens is 613 g/mol. The fourth-order valence-electron chi connectivity index (χ4n) is 6.73. The lowest BCUT2D eigenvalue weighted by molar-refractivity contribution is -0.129. The molecule has 0 saturated carbocycles. The molecule has 46 heavy (non-hydrogen) atoms. The molecule has 4 heterocycles. The number of fused-ring (bicyclic) bond motifs is 5. The van der Waals surface area contributed by atoms with Crippen LogP contribution in [0.15, 0.2) is 59.9 Å². The van der Waals surface area contributed by atoms with Gasteiger partial charge in [-0.25, -0.2) is 9.37 Å². The second-order valence-corrected chi connectivity index (χ2v) is 12.4. The first-order valence-electron chi connectivity index (χ1n) is 14.9. The van der Waals surface area contributed by atoms with E-state index in [9.17, 15) is 24.6 Å². The van der Waals surface area contributed by atoms with Gasteiger partial charge in [-0.2, -0.15) is 0 Å². The van der Waals surface area contributed by atoms with Crippen LogP contribution in [0.1, 0.15) is 37.8 Å². The van der Waals surface area contributed by atoms with E-state index in [0.717, 1.165) is 5.56 Å². The molecule has 2 atom stereocenters. The molecule has 0 unspecified atom stereocenters. The normalized spacial score (nSPS) is 17.8. The molecule has 12 heteroatoms. The molecular formula is C34H33ClFN5O5. The standard InChI is InChI=1S/C34H33ClFN5O5/c1-6-26(44)39-14-18(4)40-24(15-39)33(45)38(5)31-30(40)21-13-22(35)28(27-23(36)11-8-12-25(27)43)37-32(21)41(34(31)46)29-19(16-42)9-7-10-20(29)17(2)3/h6-13,17-18,24,42-43H,1,14-16H2,2-5H3/t18-,24-/m1/s1. The van der Waals surface area contributed by atoms with Gasteiger partial charge in [0.05, 0.1) is 40.8 Å². The number of likely N-dealkylation sites (N-methyl/N-ethyl adjacent to an activating group) is 1. The van der Waals surface area contributed by atoms with Crippen LogP contribution in [0.3, 0.4) is 0 Å². The molecule has 2 aliphatic heterocycles. The Hall–Kier alpha value is -4.74. The number of piperazine rings is 1. The Morgan fingerprint density at radius 1 is 1.15 bits per heavy atom. The van der Waals surface area contributed by atoms with Crippen molar-refractivity contribution in [2.45, 2.75) is 45.4 Å². The number of benzene rings is 2. The fraction of sp³-hybridized carbons (Fsp3) is 0.294. The smallest absolute Gasteiger partial charge is 0.282 e. The summed E-state index contributed by atoms with van der Waals surface area (Å²) >= 11 is 6.83. The summed E-state index contributed by atoms with van der Waals surface area (Å²) in [5.41, 5.74) is 1.20. The molecule has 0 radical (unpaired) electrons. The zero-order valence-corrected chi connectivity index (χ0v) is 26.5. The molecule has 1 fully saturated rings. The molecule has 2 aromatic carbocycles. The SMILES string of the molecule is C=CC(=O)N1C[C@@H](C)N2c3c(c(=O)n(-c4c(CO)cccc4C(C)C)c4nc(-c5c(O)cccc5F)c(Cl)cc34)N(C)C(=O)[C@H]2C1. The molecule has 1 saturated heterocycles. The van der Waals surface area contributed by atoms with E-state index in [-0.39, 0.29) is 64.2 Å². The average Bonchev–Trinajstić information content (AvgIpc) is 3.02. The molecule has 2 aliphatic rings.